The largest absolute Gasteiger partial charge is 0.364 e. The topological polar surface area (TPSA) is 74.0 Å². The van der Waals surface area contributed by atoms with Gasteiger partial charge >= 0.3 is 0 Å². The lowest BCUT2D eigenvalue weighted by molar-refractivity contribution is -0.110. The first-order valence-electron chi connectivity index (χ1n) is 8.06. The predicted octanol–water partition coefficient (Wildman–Crippen LogP) is 2.32. The van der Waals surface area contributed by atoms with Gasteiger partial charge in [-0.3, -0.25) is 9.59 Å². The third-order valence-corrected chi connectivity index (χ3v) is 3.91. The molecule has 0 radical (unpaired) electrons. The fourth-order valence-electron chi connectivity index (χ4n) is 2.55. The fraction of sp³-hybridized carbons (Fsp3) is 0.333. The minimum atomic E-state index is -0.717. The Kier molecular flexibility index (Phi) is 6.82. The van der Waals surface area contributed by atoms with E-state index >= 15 is 0 Å². The van der Waals surface area contributed by atoms with Crippen LogP contribution in [0.5, 0.6) is 0 Å². The van der Waals surface area contributed by atoms with Crippen molar-refractivity contribution in [2.45, 2.75) is 25.8 Å². The smallest absolute Gasteiger partial charge is 0.207 e. The van der Waals surface area contributed by atoms with Gasteiger partial charge in [-0.25, -0.2) is 8.78 Å². The van der Waals surface area contributed by atoms with E-state index in [0.29, 0.717) is 11.6 Å². The highest BCUT2D eigenvalue weighted by Crippen LogP contribution is 2.15. The average Bonchev–Trinajstić information content (AvgIpc) is 3.05. The number of ketones is 1. The van der Waals surface area contributed by atoms with Crippen LogP contribution in [-0.4, -0.2) is 36.3 Å². The first kappa shape index (κ1) is 18.8. The number of carbonyl (C=O) groups is 2. The number of benzene rings is 1. The van der Waals surface area contributed by atoms with Gasteiger partial charge in [-0.1, -0.05) is 0 Å². The lowest BCUT2D eigenvalue weighted by atomic mass is 10.1. The molecule has 1 aromatic heterocycles. The molecule has 1 aliphatic rings. The molecule has 7 heteroatoms. The molecule has 25 heavy (non-hydrogen) atoms. The van der Waals surface area contributed by atoms with Crippen LogP contribution in [0.3, 0.4) is 0 Å². The maximum absolute atomic E-state index is 13.3. The number of H-pyrrole nitrogens is 1. The minimum absolute atomic E-state index is 0.251. The number of carbonyl (C=O) groups excluding carboxylic acids is 2. The second-order valence-corrected chi connectivity index (χ2v) is 5.83. The third-order valence-electron chi connectivity index (χ3n) is 3.91. The normalized spacial score (nSPS) is 14.4. The van der Waals surface area contributed by atoms with Crippen molar-refractivity contribution in [1.82, 2.24) is 15.6 Å². The minimum Gasteiger partial charge on any atom is -0.364 e. The SMILES string of the molecule is Cc1cc(C(=O)c2cc(F)ccc2F)c[nH]1.O=CNC1CCNCC1. The molecule has 2 aromatic rings. The Hall–Kier alpha value is -2.54. The fourth-order valence-corrected chi connectivity index (χ4v) is 2.55. The van der Waals surface area contributed by atoms with Crippen LogP contribution in [0.25, 0.3) is 0 Å². The summed E-state index contributed by atoms with van der Waals surface area (Å²) in [5.41, 5.74) is 0.862. The highest BCUT2D eigenvalue weighted by molar-refractivity contribution is 6.09. The van der Waals surface area contributed by atoms with Crippen LogP contribution >= 0.6 is 0 Å². The molecule has 0 saturated carbocycles. The lowest BCUT2D eigenvalue weighted by Gasteiger charge is -2.21. The summed E-state index contributed by atoms with van der Waals surface area (Å²) in [6.45, 7) is 3.84. The number of aromatic nitrogens is 1. The second kappa shape index (κ2) is 9.08. The Balaban J connectivity index is 0.000000212. The van der Waals surface area contributed by atoms with Crippen molar-refractivity contribution in [3.63, 3.8) is 0 Å². The van der Waals surface area contributed by atoms with Gasteiger partial charge in [0.1, 0.15) is 11.6 Å². The molecule has 3 rings (SSSR count). The van der Waals surface area contributed by atoms with Gasteiger partial charge in [0.25, 0.3) is 0 Å². The van der Waals surface area contributed by atoms with E-state index in [2.05, 4.69) is 15.6 Å². The number of aromatic amines is 1. The lowest BCUT2D eigenvalue weighted by Crippen LogP contribution is -2.39. The van der Waals surface area contributed by atoms with E-state index in [9.17, 15) is 18.4 Å². The molecule has 5 nitrogen and oxygen atoms in total. The first-order valence-corrected chi connectivity index (χ1v) is 8.06. The monoisotopic (exact) mass is 349 g/mol. The first-order chi connectivity index (χ1) is 12.0. The molecular formula is C18H21F2N3O2. The summed E-state index contributed by atoms with van der Waals surface area (Å²) in [4.78, 5) is 24.6. The Bertz CT molecular complexity index is 725. The molecule has 1 aromatic carbocycles. The standard InChI is InChI=1S/C12H9F2NO.C6H12N2O/c1-7-4-8(6-15-7)12(16)10-5-9(13)2-3-11(10)14;9-5-8-6-1-3-7-4-2-6/h2-6,15H,1H3;5-7H,1-4H2,(H,8,9). The maximum Gasteiger partial charge on any atom is 0.207 e. The van der Waals surface area contributed by atoms with Crippen molar-refractivity contribution in [3.8, 4) is 0 Å². The molecule has 1 fully saturated rings. The van der Waals surface area contributed by atoms with Crippen LogP contribution < -0.4 is 10.6 Å². The number of nitrogens with one attached hydrogen (secondary N) is 3. The van der Waals surface area contributed by atoms with E-state index in [1.165, 1.54) is 6.20 Å². The van der Waals surface area contributed by atoms with Gasteiger partial charge in [0.15, 0.2) is 5.78 Å². The number of amides is 1. The molecule has 0 unspecified atom stereocenters. The van der Waals surface area contributed by atoms with Crippen LogP contribution in [0, 0.1) is 18.6 Å². The van der Waals surface area contributed by atoms with Gasteiger partial charge in [0, 0.05) is 23.5 Å². The molecular weight excluding hydrogens is 328 g/mol. The van der Waals surface area contributed by atoms with E-state index in [0.717, 1.165) is 56.2 Å². The zero-order valence-corrected chi connectivity index (χ0v) is 13.9. The number of hydrogen-bond acceptors (Lipinski definition) is 3. The number of hydrogen-bond donors (Lipinski definition) is 3. The van der Waals surface area contributed by atoms with Crippen LogP contribution in [0.2, 0.25) is 0 Å². The average molecular weight is 349 g/mol. The van der Waals surface area contributed by atoms with Crippen molar-refractivity contribution >= 4 is 12.2 Å². The Morgan fingerprint density at radius 1 is 1.24 bits per heavy atom. The molecule has 0 spiro atoms. The molecule has 134 valence electrons. The van der Waals surface area contributed by atoms with E-state index in [-0.39, 0.29) is 5.56 Å². The second-order valence-electron chi connectivity index (χ2n) is 5.83. The molecule has 0 aliphatic carbocycles. The van der Waals surface area contributed by atoms with Gasteiger partial charge in [0.2, 0.25) is 6.41 Å². The number of rotatable bonds is 4. The third kappa shape index (κ3) is 5.49. The van der Waals surface area contributed by atoms with E-state index in [4.69, 9.17) is 0 Å². The van der Waals surface area contributed by atoms with Crippen molar-refractivity contribution in [2.75, 3.05) is 13.1 Å². The molecule has 1 amide bonds. The Morgan fingerprint density at radius 3 is 2.56 bits per heavy atom. The zero-order valence-electron chi connectivity index (χ0n) is 13.9. The molecule has 0 atom stereocenters. The van der Waals surface area contributed by atoms with Gasteiger partial charge in [-0.2, -0.15) is 0 Å². The van der Waals surface area contributed by atoms with Crippen molar-refractivity contribution < 1.29 is 18.4 Å². The summed E-state index contributed by atoms with van der Waals surface area (Å²) >= 11 is 0. The van der Waals surface area contributed by atoms with Gasteiger partial charge in [0.05, 0.1) is 5.56 Å². The molecule has 1 aliphatic heterocycles. The molecule has 2 heterocycles. The Morgan fingerprint density at radius 2 is 1.96 bits per heavy atom. The van der Waals surface area contributed by atoms with Crippen molar-refractivity contribution in [2.24, 2.45) is 0 Å². The molecule has 1 saturated heterocycles. The summed E-state index contributed by atoms with van der Waals surface area (Å²) in [7, 11) is 0. The summed E-state index contributed by atoms with van der Waals surface area (Å²) in [5.74, 6) is -1.87. The highest BCUT2D eigenvalue weighted by Gasteiger charge is 2.15. The van der Waals surface area contributed by atoms with E-state index in [1.54, 1.807) is 13.0 Å². The summed E-state index contributed by atoms with van der Waals surface area (Å²) in [6, 6.07) is 4.84. The van der Waals surface area contributed by atoms with Crippen LogP contribution in [0.1, 0.15) is 34.5 Å². The molecule has 0 bridgehead atoms. The zero-order chi connectivity index (χ0) is 18.2. The van der Waals surface area contributed by atoms with Crippen LogP contribution in [0.4, 0.5) is 8.78 Å². The van der Waals surface area contributed by atoms with E-state index < -0.39 is 17.4 Å². The maximum atomic E-state index is 13.3. The number of halogens is 2. The Labute approximate surface area is 144 Å². The number of piperidine rings is 1. The summed E-state index contributed by atoms with van der Waals surface area (Å²) in [5, 5.41) is 5.98. The van der Waals surface area contributed by atoms with Gasteiger partial charge in [-0.15, -0.1) is 0 Å². The van der Waals surface area contributed by atoms with Crippen molar-refractivity contribution in [3.05, 3.63) is 58.9 Å². The van der Waals surface area contributed by atoms with Gasteiger partial charge < -0.3 is 15.6 Å². The van der Waals surface area contributed by atoms with Crippen molar-refractivity contribution in [1.29, 1.82) is 0 Å². The van der Waals surface area contributed by atoms with E-state index in [1.807, 2.05) is 0 Å². The summed E-state index contributed by atoms with van der Waals surface area (Å²) in [6.07, 6.45) is 4.40. The van der Waals surface area contributed by atoms with Crippen LogP contribution in [0.15, 0.2) is 30.5 Å². The predicted molar refractivity (Wildman–Crippen MR) is 90.4 cm³/mol. The van der Waals surface area contributed by atoms with Crippen LogP contribution in [-0.2, 0) is 4.79 Å². The number of aryl methyl sites for hydroxylation is 1. The highest BCUT2D eigenvalue weighted by atomic mass is 19.1. The van der Waals surface area contributed by atoms with Gasteiger partial charge in [-0.05, 0) is 57.1 Å². The quantitative estimate of drug-likeness (QED) is 0.586. The summed E-state index contributed by atoms with van der Waals surface area (Å²) < 4.78 is 26.2. The molecule has 3 N–H and O–H groups in total.